The standard InChI is InChI=1S/2C6H7O3P.Mg/c2*7-10(8)9-6-4-2-1-3-5-6;/h2*1-5,10H,(H,7,8);/q;;+2/p-2. The molecule has 9 heteroatoms. The Morgan fingerprint density at radius 2 is 0.952 bits per heavy atom. The molecule has 0 bridgehead atoms. The molecule has 6 nitrogen and oxygen atoms in total. The van der Waals surface area contributed by atoms with Crippen LogP contribution in [-0.2, 0) is 9.13 Å². The molecule has 0 amide bonds. The third-order valence-corrected chi connectivity index (χ3v) is 2.69. The number of para-hydroxylation sites is 2. The van der Waals surface area contributed by atoms with E-state index < -0.39 is 16.5 Å². The number of hydrogen-bond donors (Lipinski definition) is 0. The molecule has 2 unspecified atom stereocenters. The maximum absolute atomic E-state index is 10.0. The molecule has 0 heterocycles. The van der Waals surface area contributed by atoms with Gasteiger partial charge in [-0.1, -0.05) is 36.4 Å². The molecule has 2 aromatic carbocycles. The Hall–Kier alpha value is -0.814. The average molecular weight is 338 g/mol. The first kappa shape index (κ1) is 20.2. The Balaban J connectivity index is 0.000000364. The van der Waals surface area contributed by atoms with Gasteiger partial charge in [-0.3, -0.25) is 9.13 Å². The first-order valence-electron chi connectivity index (χ1n) is 5.45. The van der Waals surface area contributed by atoms with Crippen LogP contribution in [0.15, 0.2) is 60.7 Å². The van der Waals surface area contributed by atoms with Crippen molar-refractivity contribution in [3.05, 3.63) is 60.7 Å². The van der Waals surface area contributed by atoms with Crippen LogP contribution in [0, 0.1) is 0 Å². The summed E-state index contributed by atoms with van der Waals surface area (Å²) in [6, 6.07) is 16.7. The van der Waals surface area contributed by atoms with Crippen molar-refractivity contribution in [2.45, 2.75) is 0 Å². The van der Waals surface area contributed by atoms with Crippen LogP contribution in [0.2, 0.25) is 0 Å². The predicted octanol–water partition coefficient (Wildman–Crippen LogP) is 1.25. The Morgan fingerprint density at radius 3 is 1.19 bits per heavy atom. The molecule has 2 rings (SSSR count). The van der Waals surface area contributed by atoms with Crippen LogP contribution in [0.1, 0.15) is 0 Å². The summed E-state index contributed by atoms with van der Waals surface area (Å²) in [5.41, 5.74) is 0. The smallest absolute Gasteiger partial charge is 0.771 e. The largest absolute Gasteiger partial charge is 2.00 e. The zero-order chi connectivity index (χ0) is 14.8. The molecule has 0 N–H and O–H groups in total. The maximum atomic E-state index is 10.0. The van der Waals surface area contributed by atoms with Gasteiger partial charge in [0, 0.05) is 0 Å². The molecule has 0 aliphatic heterocycles. The van der Waals surface area contributed by atoms with Gasteiger partial charge in [0.15, 0.2) is 16.5 Å². The van der Waals surface area contributed by atoms with E-state index in [0.29, 0.717) is 11.5 Å². The molecular weight excluding hydrogens is 326 g/mol. The monoisotopic (exact) mass is 338 g/mol. The molecule has 0 aliphatic carbocycles. The van der Waals surface area contributed by atoms with E-state index in [9.17, 15) is 18.9 Å². The van der Waals surface area contributed by atoms with Crippen molar-refractivity contribution in [2.24, 2.45) is 0 Å². The van der Waals surface area contributed by atoms with E-state index in [1.165, 1.54) is 0 Å². The molecule has 0 spiro atoms. The third-order valence-electron chi connectivity index (χ3n) is 1.89. The van der Waals surface area contributed by atoms with E-state index in [4.69, 9.17) is 0 Å². The van der Waals surface area contributed by atoms with Crippen LogP contribution in [0.4, 0.5) is 0 Å². The van der Waals surface area contributed by atoms with Crippen LogP contribution in [-0.4, -0.2) is 23.1 Å². The first-order valence-corrected chi connectivity index (χ1v) is 7.90. The topological polar surface area (TPSA) is 98.7 Å². The number of rotatable bonds is 4. The van der Waals surface area contributed by atoms with Crippen LogP contribution in [0.5, 0.6) is 11.5 Å². The Labute approximate surface area is 139 Å². The van der Waals surface area contributed by atoms with E-state index in [0.717, 1.165) is 0 Å². The molecule has 108 valence electrons. The quantitative estimate of drug-likeness (QED) is 0.614. The fourth-order valence-electron chi connectivity index (χ4n) is 1.17. The van der Waals surface area contributed by atoms with E-state index >= 15 is 0 Å². The van der Waals surface area contributed by atoms with Crippen molar-refractivity contribution in [3.8, 4) is 11.5 Å². The second kappa shape index (κ2) is 11.8. The third kappa shape index (κ3) is 10.5. The SMILES string of the molecule is O=[PH]([O-])Oc1ccccc1.O=[PH]([O-])Oc1ccccc1.[Mg+2]. The van der Waals surface area contributed by atoms with Crippen molar-refractivity contribution >= 4 is 39.6 Å². The molecule has 0 radical (unpaired) electrons. The van der Waals surface area contributed by atoms with E-state index in [2.05, 4.69) is 9.05 Å². The van der Waals surface area contributed by atoms with Gasteiger partial charge in [-0.2, -0.15) is 0 Å². The van der Waals surface area contributed by atoms with Crippen molar-refractivity contribution in [2.75, 3.05) is 0 Å². The van der Waals surface area contributed by atoms with Gasteiger partial charge >= 0.3 is 23.1 Å². The molecule has 0 saturated carbocycles. The minimum absolute atomic E-state index is 0. The van der Waals surface area contributed by atoms with Crippen molar-refractivity contribution in [3.63, 3.8) is 0 Å². The van der Waals surface area contributed by atoms with E-state index in [1.807, 2.05) is 0 Å². The number of hydrogen-bond acceptors (Lipinski definition) is 6. The second-order valence-corrected chi connectivity index (χ2v) is 4.74. The normalized spacial score (nSPS) is 11.9. The van der Waals surface area contributed by atoms with Crippen LogP contribution < -0.4 is 18.8 Å². The van der Waals surface area contributed by atoms with E-state index in [1.54, 1.807) is 60.7 Å². The molecule has 0 aliphatic rings. The van der Waals surface area contributed by atoms with Crippen molar-refractivity contribution in [1.82, 2.24) is 0 Å². The zero-order valence-corrected chi connectivity index (χ0v) is 14.3. The summed E-state index contributed by atoms with van der Waals surface area (Å²) >= 11 is 0. The summed E-state index contributed by atoms with van der Waals surface area (Å²) < 4.78 is 28.9. The average Bonchev–Trinajstić information content (AvgIpc) is 2.40. The zero-order valence-electron chi connectivity index (χ0n) is 10.9. The van der Waals surface area contributed by atoms with E-state index in [-0.39, 0.29) is 23.1 Å². The van der Waals surface area contributed by atoms with Gasteiger partial charge in [-0.25, -0.2) is 0 Å². The van der Waals surface area contributed by atoms with Crippen LogP contribution in [0.25, 0.3) is 0 Å². The first-order chi connectivity index (χ1) is 9.58. The summed E-state index contributed by atoms with van der Waals surface area (Å²) in [4.78, 5) is 20.0. The van der Waals surface area contributed by atoms with Crippen LogP contribution in [0.3, 0.4) is 0 Å². The molecule has 0 saturated heterocycles. The Kier molecular flexibility index (Phi) is 11.3. The van der Waals surface area contributed by atoms with Crippen molar-refractivity contribution < 1.29 is 28.0 Å². The molecule has 2 aromatic rings. The van der Waals surface area contributed by atoms with Gasteiger partial charge in [-0.05, 0) is 24.3 Å². The summed E-state index contributed by atoms with van der Waals surface area (Å²) in [5, 5.41) is 0. The Morgan fingerprint density at radius 1 is 0.667 bits per heavy atom. The molecular formula is C12H12MgO6P2. The number of benzene rings is 2. The summed E-state index contributed by atoms with van der Waals surface area (Å²) in [6.07, 6.45) is 0. The summed E-state index contributed by atoms with van der Waals surface area (Å²) in [7, 11) is -6.17. The van der Waals surface area contributed by atoms with Gasteiger partial charge in [0.1, 0.15) is 11.5 Å². The maximum Gasteiger partial charge on any atom is 2.00 e. The fourth-order valence-corrected chi connectivity index (χ4v) is 1.83. The van der Waals surface area contributed by atoms with Gasteiger partial charge in [0.25, 0.3) is 0 Å². The second-order valence-electron chi connectivity index (χ2n) is 3.33. The van der Waals surface area contributed by atoms with Gasteiger partial charge < -0.3 is 18.8 Å². The minimum Gasteiger partial charge on any atom is -0.771 e. The predicted molar refractivity (Wildman–Crippen MR) is 77.9 cm³/mol. The molecule has 0 fully saturated rings. The molecule has 2 atom stereocenters. The van der Waals surface area contributed by atoms with Gasteiger partial charge in [-0.15, -0.1) is 0 Å². The fraction of sp³-hybridized carbons (Fsp3) is 0. The summed E-state index contributed by atoms with van der Waals surface area (Å²) in [6.45, 7) is 0. The minimum atomic E-state index is -3.09. The molecule has 0 aromatic heterocycles. The Bertz CT molecular complexity index is 501. The van der Waals surface area contributed by atoms with Gasteiger partial charge in [0.05, 0.1) is 0 Å². The molecule has 21 heavy (non-hydrogen) atoms. The van der Waals surface area contributed by atoms with Crippen molar-refractivity contribution in [1.29, 1.82) is 0 Å². The van der Waals surface area contributed by atoms with Crippen LogP contribution >= 0.6 is 16.5 Å². The summed E-state index contributed by atoms with van der Waals surface area (Å²) in [5.74, 6) is 0.725. The van der Waals surface area contributed by atoms with Gasteiger partial charge in [0.2, 0.25) is 0 Å².